The van der Waals surface area contributed by atoms with Gasteiger partial charge in [-0.2, -0.15) is 0 Å². The summed E-state index contributed by atoms with van der Waals surface area (Å²) in [6.07, 6.45) is 3.69. The van der Waals surface area contributed by atoms with Crippen LogP contribution in [0.2, 0.25) is 5.02 Å². The first-order valence-electron chi connectivity index (χ1n) is 7.47. The van der Waals surface area contributed by atoms with Crippen LogP contribution in [0.3, 0.4) is 0 Å². The molecule has 0 aliphatic rings. The van der Waals surface area contributed by atoms with Gasteiger partial charge in [-0.05, 0) is 56.7 Å². The molecule has 0 aliphatic carbocycles. The lowest BCUT2D eigenvalue weighted by molar-refractivity contribution is 0.921. The van der Waals surface area contributed by atoms with Crippen molar-refractivity contribution in [3.8, 4) is 5.82 Å². The van der Waals surface area contributed by atoms with Gasteiger partial charge in [-0.25, -0.2) is 4.98 Å². The van der Waals surface area contributed by atoms with Crippen LogP contribution >= 0.6 is 11.6 Å². The van der Waals surface area contributed by atoms with Crippen LogP contribution in [0.4, 0.5) is 5.69 Å². The summed E-state index contributed by atoms with van der Waals surface area (Å²) in [5, 5.41) is 0.735. The number of hydrogen-bond donors (Lipinski definition) is 0. The highest BCUT2D eigenvalue weighted by Gasteiger charge is 2.10. The Bertz CT molecular complexity index is 864. The third kappa shape index (κ3) is 3.06. The second-order valence-corrected chi connectivity index (χ2v) is 5.90. The Morgan fingerprint density at radius 1 is 1.09 bits per heavy atom. The Morgan fingerprint density at radius 2 is 1.91 bits per heavy atom. The van der Waals surface area contributed by atoms with Crippen LogP contribution in [0.25, 0.3) is 5.82 Å². The fraction of sp³-hybridized carbons (Fsp3) is 0.158. The smallest absolute Gasteiger partial charge is 0.136 e. The number of nitrogens with zero attached hydrogens (tertiary/aromatic N) is 3. The van der Waals surface area contributed by atoms with Gasteiger partial charge in [0.25, 0.3) is 0 Å². The number of halogens is 1. The van der Waals surface area contributed by atoms with E-state index in [0.717, 1.165) is 39.0 Å². The maximum absolute atomic E-state index is 6.15. The lowest BCUT2D eigenvalue weighted by atomic mass is 10.2. The Hall–Kier alpha value is -2.39. The van der Waals surface area contributed by atoms with Gasteiger partial charge in [0.1, 0.15) is 5.82 Å². The van der Waals surface area contributed by atoms with Gasteiger partial charge in [-0.15, -0.1) is 0 Å². The third-order valence-corrected chi connectivity index (χ3v) is 4.34. The molecule has 116 valence electrons. The summed E-state index contributed by atoms with van der Waals surface area (Å²) < 4.78 is 2.13. The molecule has 0 bridgehead atoms. The molecule has 0 unspecified atom stereocenters. The van der Waals surface area contributed by atoms with E-state index >= 15 is 0 Å². The van der Waals surface area contributed by atoms with Crippen molar-refractivity contribution >= 4 is 23.5 Å². The first kappa shape index (κ1) is 15.5. The van der Waals surface area contributed by atoms with Crippen LogP contribution in [0, 0.1) is 20.8 Å². The van der Waals surface area contributed by atoms with E-state index in [4.69, 9.17) is 11.6 Å². The Kier molecular flexibility index (Phi) is 4.30. The molecule has 3 aromatic rings. The summed E-state index contributed by atoms with van der Waals surface area (Å²) >= 11 is 6.15. The molecule has 3 nitrogen and oxygen atoms in total. The number of hydrogen-bond acceptors (Lipinski definition) is 2. The minimum Gasteiger partial charge on any atom is -0.303 e. The minimum absolute atomic E-state index is 0.735. The first-order valence-corrected chi connectivity index (χ1v) is 7.85. The van der Waals surface area contributed by atoms with Gasteiger partial charge in [-0.3, -0.25) is 4.99 Å². The predicted octanol–water partition coefficient (Wildman–Crippen LogP) is 5.20. The summed E-state index contributed by atoms with van der Waals surface area (Å²) in [6.45, 7) is 6.13. The summed E-state index contributed by atoms with van der Waals surface area (Å²) in [7, 11) is 0. The number of aliphatic imine (C=N–C) groups is 1. The van der Waals surface area contributed by atoms with Crippen molar-refractivity contribution < 1.29 is 0 Å². The fourth-order valence-electron chi connectivity index (χ4n) is 2.63. The van der Waals surface area contributed by atoms with Gasteiger partial charge < -0.3 is 4.57 Å². The van der Waals surface area contributed by atoms with Crippen molar-refractivity contribution in [1.29, 1.82) is 0 Å². The van der Waals surface area contributed by atoms with Gasteiger partial charge in [0.05, 0.1) is 5.69 Å². The second-order valence-electron chi connectivity index (χ2n) is 5.49. The van der Waals surface area contributed by atoms with E-state index in [1.807, 2.05) is 49.5 Å². The molecule has 0 saturated carbocycles. The number of benzene rings is 1. The monoisotopic (exact) mass is 323 g/mol. The first-order chi connectivity index (χ1) is 11.1. The molecular weight excluding hydrogens is 306 g/mol. The zero-order valence-electron chi connectivity index (χ0n) is 13.4. The molecule has 4 heteroatoms. The highest BCUT2D eigenvalue weighted by atomic mass is 35.5. The molecule has 0 fully saturated rings. The zero-order valence-corrected chi connectivity index (χ0v) is 14.2. The summed E-state index contributed by atoms with van der Waals surface area (Å²) in [6, 6.07) is 13.8. The third-order valence-electron chi connectivity index (χ3n) is 3.93. The van der Waals surface area contributed by atoms with Crippen molar-refractivity contribution in [3.63, 3.8) is 0 Å². The van der Waals surface area contributed by atoms with Crippen LogP contribution in [-0.4, -0.2) is 15.8 Å². The van der Waals surface area contributed by atoms with Gasteiger partial charge in [0.15, 0.2) is 0 Å². The van der Waals surface area contributed by atoms with Gasteiger partial charge in [-0.1, -0.05) is 23.7 Å². The molecule has 3 rings (SSSR count). The van der Waals surface area contributed by atoms with E-state index < -0.39 is 0 Å². The van der Waals surface area contributed by atoms with Crippen molar-refractivity contribution in [2.24, 2.45) is 4.99 Å². The predicted molar refractivity (Wildman–Crippen MR) is 96.5 cm³/mol. The fourth-order valence-corrected chi connectivity index (χ4v) is 2.80. The van der Waals surface area contributed by atoms with Gasteiger partial charge in [0, 0.05) is 34.4 Å². The summed E-state index contributed by atoms with van der Waals surface area (Å²) in [4.78, 5) is 9.03. The minimum atomic E-state index is 0.735. The highest BCUT2D eigenvalue weighted by Crippen LogP contribution is 2.26. The lowest BCUT2D eigenvalue weighted by Gasteiger charge is -2.07. The maximum atomic E-state index is 6.15. The maximum Gasteiger partial charge on any atom is 0.136 e. The quantitative estimate of drug-likeness (QED) is 0.609. The summed E-state index contributed by atoms with van der Waals surface area (Å²) in [5.41, 5.74) is 5.20. The van der Waals surface area contributed by atoms with Crippen LogP contribution in [-0.2, 0) is 0 Å². The SMILES string of the molecule is Cc1c(Cl)cccc1N=Cc1cc(C)n(-c2ccccn2)c1C. The molecule has 0 spiro atoms. The molecule has 0 amide bonds. The van der Waals surface area contributed by atoms with E-state index in [0.29, 0.717) is 0 Å². The van der Waals surface area contributed by atoms with E-state index in [9.17, 15) is 0 Å². The van der Waals surface area contributed by atoms with E-state index in [1.54, 1.807) is 6.20 Å². The van der Waals surface area contributed by atoms with E-state index in [1.165, 1.54) is 0 Å². The largest absolute Gasteiger partial charge is 0.303 e. The lowest BCUT2D eigenvalue weighted by Crippen LogP contribution is -2.01. The van der Waals surface area contributed by atoms with Gasteiger partial charge >= 0.3 is 0 Å². The average molecular weight is 324 g/mol. The topological polar surface area (TPSA) is 30.2 Å². The molecule has 1 aromatic carbocycles. The van der Waals surface area contributed by atoms with Crippen molar-refractivity contribution in [1.82, 2.24) is 9.55 Å². The molecule has 0 atom stereocenters. The van der Waals surface area contributed by atoms with Crippen molar-refractivity contribution in [3.05, 3.63) is 76.2 Å². The van der Waals surface area contributed by atoms with Crippen molar-refractivity contribution in [2.75, 3.05) is 0 Å². The molecule has 2 aromatic heterocycles. The molecule has 0 aliphatic heterocycles. The Labute approximate surface area is 141 Å². The van der Waals surface area contributed by atoms with Crippen LogP contribution in [0.15, 0.2) is 53.7 Å². The Balaban J connectivity index is 1.99. The standard InChI is InChI=1S/C19H18ClN3/c1-13-11-16(12-22-18-8-6-7-17(20)14(18)2)15(3)23(13)19-9-4-5-10-21-19/h4-12H,1-3H3. The zero-order chi connectivity index (χ0) is 16.4. The van der Waals surface area contributed by atoms with Gasteiger partial charge in [0.2, 0.25) is 0 Å². The van der Waals surface area contributed by atoms with Crippen LogP contribution in [0.1, 0.15) is 22.5 Å². The molecular formula is C19H18ClN3. The number of aryl methyl sites for hydroxylation is 1. The van der Waals surface area contributed by atoms with Crippen LogP contribution < -0.4 is 0 Å². The van der Waals surface area contributed by atoms with Crippen LogP contribution in [0.5, 0.6) is 0 Å². The van der Waals surface area contributed by atoms with Crippen molar-refractivity contribution in [2.45, 2.75) is 20.8 Å². The molecule has 2 heterocycles. The number of rotatable bonds is 3. The van der Waals surface area contributed by atoms with E-state index in [-0.39, 0.29) is 0 Å². The summed E-state index contributed by atoms with van der Waals surface area (Å²) in [5.74, 6) is 0.918. The number of pyridine rings is 1. The normalized spacial score (nSPS) is 11.3. The molecule has 0 N–H and O–H groups in total. The number of aromatic nitrogens is 2. The molecule has 0 radical (unpaired) electrons. The average Bonchev–Trinajstić information content (AvgIpc) is 2.84. The van der Waals surface area contributed by atoms with E-state index in [2.05, 4.69) is 34.5 Å². The second kappa shape index (κ2) is 6.39. The Morgan fingerprint density at radius 3 is 2.65 bits per heavy atom. The molecule has 0 saturated heterocycles. The molecule has 23 heavy (non-hydrogen) atoms. The highest BCUT2D eigenvalue weighted by molar-refractivity contribution is 6.31.